The fourth-order valence-corrected chi connectivity index (χ4v) is 1.40. The summed E-state index contributed by atoms with van der Waals surface area (Å²) in [4.78, 5) is 33.6. The van der Waals surface area contributed by atoms with Crippen LogP contribution in [0, 0.1) is 0 Å². The Morgan fingerprint density at radius 1 is 0.947 bits per heavy atom. The van der Waals surface area contributed by atoms with E-state index in [1.807, 2.05) is 10.6 Å². The first-order valence-electron chi connectivity index (χ1n) is 4.87. The van der Waals surface area contributed by atoms with Gasteiger partial charge < -0.3 is 15.7 Å². The number of hydrogen-bond acceptors (Lipinski definition) is 5. The average Bonchev–Trinajstić information content (AvgIpc) is 2.28. The van der Waals surface area contributed by atoms with Crippen molar-refractivity contribution in [1.82, 2.24) is 10.6 Å². The fraction of sp³-hybridized carbons (Fsp3) is 0. The van der Waals surface area contributed by atoms with E-state index in [1.165, 1.54) is 24.3 Å². The zero-order valence-corrected chi connectivity index (χ0v) is 9.43. The highest BCUT2D eigenvalue weighted by Gasteiger charge is 2.27. The molecule has 4 amide bonds. The SMILES string of the molecule is O.O=C1NC(=O)C(=Cc2ccc(O)c(O)c2)C(=O)N1. The van der Waals surface area contributed by atoms with Gasteiger partial charge in [-0.2, -0.15) is 0 Å². The van der Waals surface area contributed by atoms with Gasteiger partial charge in [0, 0.05) is 0 Å². The minimum atomic E-state index is -0.879. The summed E-state index contributed by atoms with van der Waals surface area (Å²) in [5.74, 6) is -2.34. The number of aromatic hydroxyl groups is 2. The summed E-state index contributed by atoms with van der Waals surface area (Å²) in [6.45, 7) is 0. The van der Waals surface area contributed by atoms with Crippen LogP contribution in [0.2, 0.25) is 0 Å². The number of carbonyl (C=O) groups is 3. The summed E-state index contributed by atoms with van der Waals surface area (Å²) < 4.78 is 0. The summed E-state index contributed by atoms with van der Waals surface area (Å²) in [7, 11) is 0. The van der Waals surface area contributed by atoms with Crippen LogP contribution in [-0.4, -0.2) is 33.5 Å². The van der Waals surface area contributed by atoms with Crippen molar-refractivity contribution in [1.29, 1.82) is 0 Å². The lowest BCUT2D eigenvalue weighted by molar-refractivity contribution is -0.123. The first-order chi connectivity index (χ1) is 8.47. The Labute approximate surface area is 106 Å². The van der Waals surface area contributed by atoms with Crippen molar-refractivity contribution in [2.24, 2.45) is 0 Å². The largest absolute Gasteiger partial charge is 0.504 e. The first kappa shape index (κ1) is 14.2. The van der Waals surface area contributed by atoms with Crippen LogP contribution in [0.15, 0.2) is 23.8 Å². The number of nitrogens with one attached hydrogen (secondary N) is 2. The Morgan fingerprint density at radius 3 is 2.05 bits per heavy atom. The molecule has 1 aromatic carbocycles. The van der Waals surface area contributed by atoms with Gasteiger partial charge in [-0.25, -0.2) is 4.79 Å². The van der Waals surface area contributed by atoms with Gasteiger partial charge in [0.25, 0.3) is 11.8 Å². The topological polar surface area (TPSA) is 147 Å². The van der Waals surface area contributed by atoms with Crippen molar-refractivity contribution < 1.29 is 30.1 Å². The van der Waals surface area contributed by atoms with Crippen molar-refractivity contribution in [3.8, 4) is 11.5 Å². The molecule has 8 nitrogen and oxygen atoms in total. The quantitative estimate of drug-likeness (QED) is 0.293. The number of phenolic OH excluding ortho intramolecular Hbond substituents is 2. The Kier molecular flexibility index (Phi) is 3.88. The summed E-state index contributed by atoms with van der Waals surface area (Å²) in [5, 5.41) is 22.2. The number of barbiturate groups is 1. The maximum absolute atomic E-state index is 11.4. The smallest absolute Gasteiger partial charge is 0.328 e. The second-order valence-electron chi connectivity index (χ2n) is 3.54. The zero-order valence-electron chi connectivity index (χ0n) is 9.43. The highest BCUT2D eigenvalue weighted by molar-refractivity contribution is 6.31. The summed E-state index contributed by atoms with van der Waals surface area (Å²) in [6, 6.07) is 2.92. The number of amides is 4. The molecule has 1 aromatic rings. The lowest BCUT2D eigenvalue weighted by Crippen LogP contribution is -2.51. The third kappa shape index (κ3) is 2.87. The average molecular weight is 266 g/mol. The maximum Gasteiger partial charge on any atom is 0.328 e. The van der Waals surface area contributed by atoms with Crippen LogP contribution in [0.5, 0.6) is 11.5 Å². The lowest BCUT2D eigenvalue weighted by atomic mass is 10.1. The Bertz CT molecular complexity index is 571. The van der Waals surface area contributed by atoms with Crippen LogP contribution in [0.25, 0.3) is 6.08 Å². The van der Waals surface area contributed by atoms with E-state index in [9.17, 15) is 19.5 Å². The molecular weight excluding hydrogens is 256 g/mol. The van der Waals surface area contributed by atoms with Gasteiger partial charge in [-0.1, -0.05) is 6.07 Å². The van der Waals surface area contributed by atoms with Crippen LogP contribution in [0.3, 0.4) is 0 Å². The predicted molar refractivity (Wildman–Crippen MR) is 63.0 cm³/mol. The molecule has 1 heterocycles. The summed E-state index contributed by atoms with van der Waals surface area (Å²) >= 11 is 0. The second kappa shape index (κ2) is 5.19. The van der Waals surface area contributed by atoms with Crippen molar-refractivity contribution in [2.45, 2.75) is 0 Å². The molecule has 8 heteroatoms. The van der Waals surface area contributed by atoms with Gasteiger partial charge in [0.1, 0.15) is 5.57 Å². The molecule has 1 fully saturated rings. The van der Waals surface area contributed by atoms with Gasteiger partial charge in [-0.3, -0.25) is 20.2 Å². The molecule has 0 atom stereocenters. The minimum Gasteiger partial charge on any atom is -0.504 e. The van der Waals surface area contributed by atoms with E-state index in [1.54, 1.807) is 0 Å². The van der Waals surface area contributed by atoms with Gasteiger partial charge in [-0.05, 0) is 23.8 Å². The molecule has 0 aliphatic carbocycles. The Balaban J connectivity index is 0.00000180. The highest BCUT2D eigenvalue weighted by Crippen LogP contribution is 2.26. The van der Waals surface area contributed by atoms with E-state index in [2.05, 4.69) is 0 Å². The molecule has 1 aliphatic heterocycles. The van der Waals surface area contributed by atoms with E-state index in [0.29, 0.717) is 5.56 Å². The summed E-state index contributed by atoms with van der Waals surface area (Å²) in [5.41, 5.74) is 0.0691. The van der Waals surface area contributed by atoms with Crippen LogP contribution < -0.4 is 10.6 Å². The van der Waals surface area contributed by atoms with Gasteiger partial charge in [0.05, 0.1) is 0 Å². The Morgan fingerprint density at radius 2 is 1.53 bits per heavy atom. The van der Waals surface area contributed by atoms with Crippen LogP contribution >= 0.6 is 0 Å². The van der Waals surface area contributed by atoms with Crippen LogP contribution in [0.4, 0.5) is 4.79 Å². The van der Waals surface area contributed by atoms with Gasteiger partial charge in [0.15, 0.2) is 11.5 Å². The van der Waals surface area contributed by atoms with Crippen molar-refractivity contribution in [3.05, 3.63) is 29.3 Å². The molecule has 0 radical (unpaired) electrons. The highest BCUT2D eigenvalue weighted by atomic mass is 16.3. The molecule has 0 unspecified atom stereocenters. The fourth-order valence-electron chi connectivity index (χ4n) is 1.40. The second-order valence-corrected chi connectivity index (χ2v) is 3.54. The first-order valence-corrected chi connectivity index (χ1v) is 4.87. The number of urea groups is 1. The molecule has 1 aliphatic rings. The maximum atomic E-state index is 11.4. The normalized spacial score (nSPS) is 14.3. The number of phenols is 2. The van der Waals surface area contributed by atoms with Gasteiger partial charge in [-0.15, -0.1) is 0 Å². The van der Waals surface area contributed by atoms with Crippen molar-refractivity contribution >= 4 is 23.9 Å². The molecule has 0 aromatic heterocycles. The van der Waals surface area contributed by atoms with Crippen LogP contribution in [-0.2, 0) is 9.59 Å². The van der Waals surface area contributed by atoms with E-state index in [-0.39, 0.29) is 22.5 Å². The number of imide groups is 2. The molecule has 19 heavy (non-hydrogen) atoms. The summed E-state index contributed by atoms with van der Waals surface area (Å²) in [6.07, 6.45) is 1.19. The molecule has 0 spiro atoms. The van der Waals surface area contributed by atoms with E-state index < -0.39 is 17.8 Å². The monoisotopic (exact) mass is 266 g/mol. The molecule has 100 valence electrons. The number of benzene rings is 1. The van der Waals surface area contributed by atoms with E-state index in [0.717, 1.165) is 0 Å². The number of hydrogen-bond donors (Lipinski definition) is 4. The standard InChI is InChI=1S/C11H8N2O5.H2O/c14-7-2-1-5(4-8(7)15)3-6-9(16)12-11(18)13-10(6)17;/h1-4,14-15H,(H2,12,13,16,17,18);1H2. The van der Waals surface area contributed by atoms with Gasteiger partial charge in [0.2, 0.25) is 0 Å². The molecule has 2 rings (SSSR count). The molecule has 1 saturated heterocycles. The van der Waals surface area contributed by atoms with Crippen molar-refractivity contribution in [3.63, 3.8) is 0 Å². The third-order valence-corrected chi connectivity index (χ3v) is 2.25. The number of carbonyl (C=O) groups excluding carboxylic acids is 3. The lowest BCUT2D eigenvalue weighted by Gasteiger charge is -2.13. The van der Waals surface area contributed by atoms with E-state index in [4.69, 9.17) is 5.11 Å². The minimum absolute atomic E-state index is 0. The molecular formula is C11H10N2O6. The van der Waals surface area contributed by atoms with Crippen molar-refractivity contribution in [2.75, 3.05) is 0 Å². The Hall–Kier alpha value is -2.87. The molecule has 0 saturated carbocycles. The molecule has 6 N–H and O–H groups in total. The zero-order chi connectivity index (χ0) is 13.3. The molecule has 0 bridgehead atoms. The van der Waals surface area contributed by atoms with Gasteiger partial charge >= 0.3 is 6.03 Å². The van der Waals surface area contributed by atoms with E-state index >= 15 is 0 Å². The third-order valence-electron chi connectivity index (χ3n) is 2.25. The van der Waals surface area contributed by atoms with Crippen LogP contribution in [0.1, 0.15) is 5.56 Å². The predicted octanol–water partition coefficient (Wildman–Crippen LogP) is -0.978. The number of rotatable bonds is 1.